The van der Waals surface area contributed by atoms with Crippen LogP contribution >= 0.6 is 0 Å². The topological polar surface area (TPSA) is 40.8 Å². The van der Waals surface area contributed by atoms with Crippen molar-refractivity contribution < 1.29 is 5.11 Å². The first-order valence-corrected chi connectivity index (χ1v) is 7.03. The van der Waals surface area contributed by atoms with Crippen molar-refractivity contribution in [2.45, 2.75) is 26.3 Å². The molecule has 1 N–H and O–H groups in total. The molecule has 4 heteroatoms. The van der Waals surface area contributed by atoms with Crippen molar-refractivity contribution in [2.24, 2.45) is 5.92 Å². The minimum Gasteiger partial charge on any atom is -0.396 e. The van der Waals surface area contributed by atoms with Gasteiger partial charge in [0.2, 0.25) is 0 Å². The molecule has 1 aliphatic rings. The molecule has 0 saturated carbocycles. The van der Waals surface area contributed by atoms with Crippen LogP contribution in [0.1, 0.15) is 24.4 Å². The highest BCUT2D eigenvalue weighted by Gasteiger charge is 2.20. The van der Waals surface area contributed by atoms with Crippen LogP contribution in [0.5, 0.6) is 0 Å². The van der Waals surface area contributed by atoms with Crippen molar-refractivity contribution in [1.29, 1.82) is 0 Å². The third-order valence-electron chi connectivity index (χ3n) is 4.04. The van der Waals surface area contributed by atoms with Gasteiger partial charge in [0.1, 0.15) is 5.82 Å². The van der Waals surface area contributed by atoms with Crippen molar-refractivity contribution in [2.75, 3.05) is 19.7 Å². The second-order valence-corrected chi connectivity index (χ2v) is 5.49. The van der Waals surface area contributed by atoms with Gasteiger partial charge >= 0.3 is 0 Å². The van der Waals surface area contributed by atoms with Gasteiger partial charge in [-0.05, 0) is 44.4 Å². The van der Waals surface area contributed by atoms with Gasteiger partial charge in [0.25, 0.3) is 0 Å². The number of likely N-dealkylation sites (tertiary alicyclic amines) is 1. The van der Waals surface area contributed by atoms with Crippen LogP contribution in [-0.2, 0) is 6.54 Å². The number of imidazole rings is 1. The lowest BCUT2D eigenvalue weighted by atomic mass is 9.99. The number of pyridine rings is 1. The molecule has 0 spiro atoms. The molecule has 1 atom stereocenters. The summed E-state index contributed by atoms with van der Waals surface area (Å²) < 4.78 is 2.14. The van der Waals surface area contributed by atoms with Crippen molar-refractivity contribution in [3.63, 3.8) is 0 Å². The molecule has 1 saturated heterocycles. The fourth-order valence-electron chi connectivity index (χ4n) is 3.04. The normalized spacial score (nSPS) is 21.1. The highest BCUT2D eigenvalue weighted by molar-refractivity contribution is 5.53. The molecule has 102 valence electrons. The van der Waals surface area contributed by atoms with E-state index in [1.165, 1.54) is 11.9 Å². The number of aliphatic hydroxyl groups is 1. The van der Waals surface area contributed by atoms with Crippen LogP contribution in [0.2, 0.25) is 0 Å². The van der Waals surface area contributed by atoms with Gasteiger partial charge in [-0.2, -0.15) is 0 Å². The Hall–Kier alpha value is -1.39. The summed E-state index contributed by atoms with van der Waals surface area (Å²) in [6, 6.07) is 6.23. The fraction of sp³-hybridized carbons (Fsp3) is 0.533. The highest BCUT2D eigenvalue weighted by Crippen LogP contribution is 2.20. The van der Waals surface area contributed by atoms with Gasteiger partial charge in [0.05, 0.1) is 11.2 Å². The van der Waals surface area contributed by atoms with E-state index < -0.39 is 0 Å². The van der Waals surface area contributed by atoms with E-state index in [1.807, 2.05) is 13.0 Å². The molecule has 2 aromatic rings. The lowest BCUT2D eigenvalue weighted by Gasteiger charge is -2.31. The molecule has 0 radical (unpaired) electrons. The fourth-order valence-corrected chi connectivity index (χ4v) is 3.04. The van der Waals surface area contributed by atoms with E-state index in [9.17, 15) is 5.11 Å². The molecule has 2 aromatic heterocycles. The molecule has 1 fully saturated rings. The predicted molar refractivity (Wildman–Crippen MR) is 75.0 cm³/mol. The lowest BCUT2D eigenvalue weighted by Crippen LogP contribution is -2.36. The van der Waals surface area contributed by atoms with Crippen LogP contribution in [-0.4, -0.2) is 39.1 Å². The lowest BCUT2D eigenvalue weighted by molar-refractivity contribution is 0.115. The number of aromatic nitrogens is 2. The number of aliphatic hydroxyl groups excluding tert-OH is 1. The molecule has 4 nitrogen and oxygen atoms in total. The van der Waals surface area contributed by atoms with Gasteiger partial charge in [-0.1, -0.05) is 6.07 Å². The number of fused-ring (bicyclic) bond motifs is 1. The Labute approximate surface area is 113 Å². The monoisotopic (exact) mass is 259 g/mol. The zero-order chi connectivity index (χ0) is 13.2. The summed E-state index contributed by atoms with van der Waals surface area (Å²) in [4.78, 5) is 7.11. The number of aryl methyl sites for hydroxylation is 1. The average Bonchev–Trinajstić information content (AvgIpc) is 2.76. The Morgan fingerprint density at radius 2 is 2.32 bits per heavy atom. The summed E-state index contributed by atoms with van der Waals surface area (Å²) in [6.45, 7) is 5.34. The number of hydrogen-bond acceptors (Lipinski definition) is 3. The molecule has 1 unspecified atom stereocenters. The van der Waals surface area contributed by atoms with Gasteiger partial charge in [-0.3, -0.25) is 4.90 Å². The molecule has 3 rings (SSSR count). The Bertz CT molecular complexity index is 564. The maximum Gasteiger partial charge on any atom is 0.110 e. The maximum absolute atomic E-state index is 9.30. The van der Waals surface area contributed by atoms with Gasteiger partial charge in [-0.25, -0.2) is 4.98 Å². The maximum atomic E-state index is 9.30. The summed E-state index contributed by atoms with van der Waals surface area (Å²) in [5.41, 5.74) is 2.35. The summed E-state index contributed by atoms with van der Waals surface area (Å²) in [6.07, 6.45) is 4.39. The van der Waals surface area contributed by atoms with Gasteiger partial charge in [0, 0.05) is 25.9 Å². The van der Waals surface area contributed by atoms with E-state index in [0.29, 0.717) is 12.5 Å². The Balaban J connectivity index is 1.81. The van der Waals surface area contributed by atoms with Crippen molar-refractivity contribution in [1.82, 2.24) is 14.3 Å². The number of hydrogen-bond donors (Lipinski definition) is 1. The first-order chi connectivity index (χ1) is 9.28. The smallest absolute Gasteiger partial charge is 0.110 e. The average molecular weight is 259 g/mol. The van der Waals surface area contributed by atoms with Crippen LogP contribution in [0.25, 0.3) is 5.52 Å². The highest BCUT2D eigenvalue weighted by atomic mass is 16.3. The van der Waals surface area contributed by atoms with Crippen LogP contribution < -0.4 is 0 Å². The first-order valence-electron chi connectivity index (χ1n) is 7.03. The summed E-state index contributed by atoms with van der Waals surface area (Å²) in [5, 5.41) is 9.30. The van der Waals surface area contributed by atoms with Crippen LogP contribution in [0.4, 0.5) is 0 Å². The summed E-state index contributed by atoms with van der Waals surface area (Å²) in [7, 11) is 0. The predicted octanol–water partition coefficient (Wildman–Crippen LogP) is 1.85. The second kappa shape index (κ2) is 5.31. The molecule has 0 amide bonds. The minimum atomic E-state index is 0.305. The SMILES string of the molecule is Cc1nc(CN2CCCC(CO)C2)c2ccccn12. The van der Waals surface area contributed by atoms with E-state index in [0.717, 1.165) is 37.6 Å². The molecule has 1 aliphatic heterocycles. The van der Waals surface area contributed by atoms with E-state index in [1.54, 1.807) is 0 Å². The number of nitrogens with zero attached hydrogens (tertiary/aromatic N) is 3. The van der Waals surface area contributed by atoms with Crippen molar-refractivity contribution in [3.8, 4) is 0 Å². The van der Waals surface area contributed by atoms with Crippen molar-refractivity contribution >= 4 is 5.52 Å². The van der Waals surface area contributed by atoms with E-state index in [2.05, 4.69) is 27.6 Å². The van der Waals surface area contributed by atoms with E-state index in [4.69, 9.17) is 4.98 Å². The standard InChI is InChI=1S/C15H21N3O/c1-12-16-14(15-6-2-3-8-18(12)15)10-17-7-4-5-13(9-17)11-19/h2-3,6,8,13,19H,4-5,7,9-11H2,1H3. The van der Waals surface area contributed by atoms with Gasteiger partial charge in [0.15, 0.2) is 0 Å². The first kappa shape index (κ1) is 12.6. The molecule has 19 heavy (non-hydrogen) atoms. The van der Waals surface area contributed by atoms with E-state index in [-0.39, 0.29) is 0 Å². The van der Waals surface area contributed by atoms with Gasteiger partial charge in [-0.15, -0.1) is 0 Å². The summed E-state index contributed by atoms with van der Waals surface area (Å²) in [5.74, 6) is 1.48. The largest absolute Gasteiger partial charge is 0.396 e. The molecule has 0 aromatic carbocycles. The van der Waals surface area contributed by atoms with Gasteiger partial charge < -0.3 is 9.51 Å². The third kappa shape index (κ3) is 2.51. The second-order valence-electron chi connectivity index (χ2n) is 5.49. The van der Waals surface area contributed by atoms with Crippen LogP contribution in [0, 0.1) is 12.8 Å². The zero-order valence-corrected chi connectivity index (χ0v) is 11.4. The van der Waals surface area contributed by atoms with E-state index >= 15 is 0 Å². The molecule has 0 aliphatic carbocycles. The Kier molecular flexibility index (Phi) is 3.53. The number of piperidine rings is 1. The third-order valence-corrected chi connectivity index (χ3v) is 4.04. The zero-order valence-electron chi connectivity index (χ0n) is 11.4. The Morgan fingerprint density at radius 3 is 3.16 bits per heavy atom. The number of rotatable bonds is 3. The molecule has 0 bridgehead atoms. The molecule has 3 heterocycles. The minimum absolute atomic E-state index is 0.305. The molecular formula is C15H21N3O. The van der Waals surface area contributed by atoms with Crippen LogP contribution in [0.15, 0.2) is 24.4 Å². The summed E-state index contributed by atoms with van der Waals surface area (Å²) >= 11 is 0. The quantitative estimate of drug-likeness (QED) is 0.914. The van der Waals surface area contributed by atoms with Crippen molar-refractivity contribution in [3.05, 3.63) is 35.9 Å². The molecular weight excluding hydrogens is 238 g/mol. The van der Waals surface area contributed by atoms with Crippen LogP contribution in [0.3, 0.4) is 0 Å². The Morgan fingerprint density at radius 1 is 1.42 bits per heavy atom.